The van der Waals surface area contributed by atoms with Crippen molar-refractivity contribution in [3.8, 4) is 11.1 Å². The zero-order valence-corrected chi connectivity index (χ0v) is 26.4. The summed E-state index contributed by atoms with van der Waals surface area (Å²) in [7, 11) is 4.88. The van der Waals surface area contributed by atoms with Gasteiger partial charge in [-0.05, 0) is 48.2 Å². The molecule has 47 heavy (non-hydrogen) atoms. The molecule has 1 fully saturated rings. The first kappa shape index (κ1) is 33.9. The largest absolute Gasteiger partial charge is 0.416 e. The molecule has 4 aromatic rings. The van der Waals surface area contributed by atoms with Crippen LogP contribution in [-0.2, 0) is 25.9 Å². The summed E-state index contributed by atoms with van der Waals surface area (Å²) in [5.74, 6) is -0.00955. The second kappa shape index (κ2) is 13.0. The molecule has 17 heteroatoms. The van der Waals surface area contributed by atoms with E-state index in [2.05, 4.69) is 25.0 Å². The molecule has 0 aliphatic carbocycles. The molecule has 250 valence electrons. The molecule has 0 N–H and O–H groups in total. The molecule has 0 bridgehead atoms. The van der Waals surface area contributed by atoms with Crippen molar-refractivity contribution in [3.05, 3.63) is 76.7 Å². The predicted octanol–water partition coefficient (Wildman–Crippen LogP) is 6.12. The number of carbonyl (C=O) groups is 1. The molecule has 1 amide bonds. The maximum absolute atomic E-state index is 13.8. The molecule has 2 unspecified atom stereocenters. The minimum Gasteiger partial charge on any atom is -0.351 e. The predicted molar refractivity (Wildman–Crippen MR) is 162 cm³/mol. The summed E-state index contributed by atoms with van der Waals surface area (Å²) in [6.45, 7) is 1.72. The maximum Gasteiger partial charge on any atom is 0.416 e. The first-order chi connectivity index (χ1) is 22.0. The summed E-state index contributed by atoms with van der Waals surface area (Å²) in [6.07, 6.45) is -1.34. The van der Waals surface area contributed by atoms with Crippen LogP contribution in [0, 0.1) is 0 Å². The Bertz CT molecular complexity index is 1710. The quantitative estimate of drug-likeness (QED) is 0.162. The first-order valence-electron chi connectivity index (χ1n) is 14.4. The molecule has 3 aromatic heterocycles. The number of aromatic nitrogens is 6. The van der Waals surface area contributed by atoms with Gasteiger partial charge in [0.25, 0.3) is 5.91 Å². The number of anilines is 2. The van der Waals surface area contributed by atoms with Crippen molar-refractivity contribution in [2.75, 3.05) is 30.4 Å². The summed E-state index contributed by atoms with van der Waals surface area (Å²) in [6, 6.07) is 0.746. The van der Waals surface area contributed by atoms with Gasteiger partial charge in [0, 0.05) is 76.2 Å². The standard InChI is InChI=1S/C30H30ClF6N9O/c1-5-22-9-23(16-45(22)25-24(26(47)43(2)3)13-38-27(31)42-25)46(28-39-10-18(11-40-28)19-12-41-44(4)15-19)14-17-6-20(29(32,33)34)8-21(7-17)30(35,36)37/h6-8,10-13,15,22-23H,5,9,14,16H2,1-4H3. The summed E-state index contributed by atoms with van der Waals surface area (Å²) in [5.41, 5.74) is -1.55. The van der Waals surface area contributed by atoms with Gasteiger partial charge >= 0.3 is 12.4 Å². The first-order valence-corrected chi connectivity index (χ1v) is 14.8. The molecule has 1 aliphatic rings. The molecular weight excluding hydrogens is 652 g/mol. The molecule has 4 heterocycles. The Morgan fingerprint density at radius 1 is 0.957 bits per heavy atom. The van der Waals surface area contributed by atoms with Crippen molar-refractivity contribution in [3.63, 3.8) is 0 Å². The normalized spacial score (nSPS) is 16.9. The van der Waals surface area contributed by atoms with E-state index in [0.29, 0.717) is 30.5 Å². The number of halogens is 7. The lowest BCUT2D eigenvalue weighted by Gasteiger charge is -2.30. The van der Waals surface area contributed by atoms with Gasteiger partial charge in [-0.2, -0.15) is 36.4 Å². The average Bonchev–Trinajstić information content (AvgIpc) is 3.65. The lowest BCUT2D eigenvalue weighted by molar-refractivity contribution is -0.143. The van der Waals surface area contributed by atoms with Crippen LogP contribution < -0.4 is 9.80 Å². The minimum absolute atomic E-state index is 0.0932. The topological polar surface area (TPSA) is 96.2 Å². The van der Waals surface area contributed by atoms with Crippen molar-refractivity contribution < 1.29 is 31.1 Å². The minimum atomic E-state index is -5.01. The zero-order valence-electron chi connectivity index (χ0n) is 25.7. The van der Waals surface area contributed by atoms with Gasteiger partial charge in [-0.25, -0.2) is 15.0 Å². The van der Waals surface area contributed by atoms with Crippen LogP contribution in [0.15, 0.2) is 49.2 Å². The number of hydrogen-bond acceptors (Lipinski definition) is 8. The van der Waals surface area contributed by atoms with E-state index in [-0.39, 0.29) is 59.3 Å². The smallest absolute Gasteiger partial charge is 0.351 e. The highest BCUT2D eigenvalue weighted by atomic mass is 35.5. The second-order valence-corrected chi connectivity index (χ2v) is 11.7. The van der Waals surface area contributed by atoms with Crippen molar-refractivity contribution >= 4 is 29.3 Å². The van der Waals surface area contributed by atoms with Crippen LogP contribution in [0.5, 0.6) is 0 Å². The van der Waals surface area contributed by atoms with Crippen LogP contribution in [0.3, 0.4) is 0 Å². The van der Waals surface area contributed by atoms with E-state index in [1.807, 2.05) is 11.8 Å². The van der Waals surface area contributed by atoms with Gasteiger partial charge < -0.3 is 14.7 Å². The van der Waals surface area contributed by atoms with E-state index in [0.717, 1.165) is 5.56 Å². The SMILES string of the molecule is CCC1CC(N(Cc2cc(C(F)(F)F)cc(C(F)(F)F)c2)c2ncc(-c3cnn(C)c3)cn2)CN1c1nc(Cl)ncc1C(=O)N(C)C. The fourth-order valence-electron chi connectivity index (χ4n) is 5.59. The molecule has 0 radical (unpaired) electrons. The molecule has 1 aromatic carbocycles. The highest BCUT2D eigenvalue weighted by Crippen LogP contribution is 2.38. The molecule has 0 spiro atoms. The van der Waals surface area contributed by atoms with Gasteiger partial charge in [-0.1, -0.05) is 6.92 Å². The number of amides is 1. The third-order valence-electron chi connectivity index (χ3n) is 7.89. The third-order valence-corrected chi connectivity index (χ3v) is 8.07. The van der Waals surface area contributed by atoms with Gasteiger partial charge in [0.15, 0.2) is 0 Å². The number of alkyl halides is 6. The maximum atomic E-state index is 13.8. The zero-order chi connectivity index (χ0) is 34.3. The lowest BCUT2D eigenvalue weighted by Crippen LogP contribution is -2.39. The van der Waals surface area contributed by atoms with Crippen molar-refractivity contribution in [2.24, 2.45) is 7.05 Å². The molecular formula is C30H30ClF6N9O. The van der Waals surface area contributed by atoms with Crippen LogP contribution in [0.2, 0.25) is 5.28 Å². The highest BCUT2D eigenvalue weighted by molar-refractivity contribution is 6.28. The fourth-order valence-corrected chi connectivity index (χ4v) is 5.72. The lowest BCUT2D eigenvalue weighted by atomic mass is 10.0. The van der Waals surface area contributed by atoms with Gasteiger partial charge in [0.05, 0.1) is 23.4 Å². The van der Waals surface area contributed by atoms with Crippen molar-refractivity contribution in [1.82, 2.24) is 34.6 Å². The number of nitrogens with zero attached hydrogens (tertiary/aromatic N) is 9. The van der Waals surface area contributed by atoms with Gasteiger partial charge in [0.1, 0.15) is 11.4 Å². The Labute approximate surface area is 271 Å². The summed E-state index contributed by atoms with van der Waals surface area (Å²) in [4.78, 5) is 35.1. The number of carbonyl (C=O) groups excluding carboxylic acids is 1. The van der Waals surface area contributed by atoms with Crippen LogP contribution in [0.4, 0.5) is 38.1 Å². The number of benzene rings is 1. The number of aryl methyl sites for hydroxylation is 1. The fraction of sp³-hybridized carbons (Fsp3) is 0.400. The van der Waals surface area contributed by atoms with Gasteiger partial charge in [-0.3, -0.25) is 9.48 Å². The molecule has 5 rings (SSSR count). The Hall–Kier alpha value is -4.47. The van der Waals surface area contributed by atoms with E-state index in [4.69, 9.17) is 11.6 Å². The van der Waals surface area contributed by atoms with E-state index < -0.39 is 29.5 Å². The molecule has 1 aliphatic heterocycles. The average molecular weight is 682 g/mol. The van der Waals surface area contributed by atoms with E-state index in [1.54, 1.807) is 43.1 Å². The Morgan fingerprint density at radius 2 is 1.60 bits per heavy atom. The van der Waals surface area contributed by atoms with E-state index in [9.17, 15) is 31.1 Å². The van der Waals surface area contributed by atoms with Crippen LogP contribution in [-0.4, -0.2) is 73.2 Å². The van der Waals surface area contributed by atoms with E-state index >= 15 is 0 Å². The van der Waals surface area contributed by atoms with Crippen LogP contribution in [0.1, 0.15) is 46.8 Å². The van der Waals surface area contributed by atoms with Gasteiger partial charge in [-0.15, -0.1) is 0 Å². The van der Waals surface area contributed by atoms with Crippen molar-refractivity contribution in [2.45, 2.75) is 50.7 Å². The van der Waals surface area contributed by atoms with Crippen LogP contribution >= 0.6 is 11.6 Å². The van der Waals surface area contributed by atoms with Gasteiger partial charge in [0.2, 0.25) is 11.2 Å². The Morgan fingerprint density at radius 3 is 2.13 bits per heavy atom. The molecule has 0 saturated carbocycles. The summed E-state index contributed by atoms with van der Waals surface area (Å²) >= 11 is 6.15. The monoisotopic (exact) mass is 681 g/mol. The summed E-state index contributed by atoms with van der Waals surface area (Å²) in [5, 5.41) is 4.04. The molecule has 1 saturated heterocycles. The highest BCUT2D eigenvalue weighted by Gasteiger charge is 2.40. The Kier molecular flexibility index (Phi) is 9.35. The van der Waals surface area contributed by atoms with E-state index in [1.165, 1.54) is 23.5 Å². The third kappa shape index (κ3) is 7.42. The second-order valence-electron chi connectivity index (χ2n) is 11.4. The Balaban J connectivity index is 1.58. The molecule has 2 atom stereocenters. The van der Waals surface area contributed by atoms with Crippen molar-refractivity contribution in [1.29, 1.82) is 0 Å². The number of hydrogen-bond donors (Lipinski definition) is 0. The molecule has 10 nitrogen and oxygen atoms in total. The van der Waals surface area contributed by atoms with Crippen LogP contribution in [0.25, 0.3) is 11.1 Å². The summed E-state index contributed by atoms with van der Waals surface area (Å²) < 4.78 is 84.2. The number of rotatable bonds is 8.